The summed E-state index contributed by atoms with van der Waals surface area (Å²) >= 11 is 0. The van der Waals surface area contributed by atoms with E-state index in [-0.39, 0.29) is 23.4 Å². The van der Waals surface area contributed by atoms with Crippen LogP contribution in [0.2, 0.25) is 0 Å². The van der Waals surface area contributed by atoms with Crippen LogP contribution in [0.1, 0.15) is 25.3 Å². The SMILES string of the molecule is CC(Nc1ccc([N+](=O)[O-])cc1C#N)C1CCCO1. The standard InChI is InChI=1S/C13H15N3O3/c1-9(13-3-2-6-19-13)15-12-5-4-11(16(17)18)7-10(12)8-14/h4-5,7,9,13,15H,2-3,6H2,1H3. The van der Waals surface area contributed by atoms with Gasteiger partial charge in [-0.25, -0.2) is 0 Å². The minimum absolute atomic E-state index is 0.0658. The highest BCUT2D eigenvalue weighted by molar-refractivity contribution is 5.61. The second kappa shape index (κ2) is 5.67. The summed E-state index contributed by atoms with van der Waals surface area (Å²) in [7, 11) is 0. The van der Waals surface area contributed by atoms with Gasteiger partial charge in [-0.3, -0.25) is 10.1 Å². The van der Waals surface area contributed by atoms with Crippen molar-refractivity contribution in [3.63, 3.8) is 0 Å². The summed E-state index contributed by atoms with van der Waals surface area (Å²) in [6, 6.07) is 6.29. The summed E-state index contributed by atoms with van der Waals surface area (Å²) in [5.41, 5.74) is 0.807. The van der Waals surface area contributed by atoms with Crippen molar-refractivity contribution >= 4 is 11.4 Å². The van der Waals surface area contributed by atoms with Gasteiger partial charge in [-0.15, -0.1) is 0 Å². The third-order valence-corrected chi connectivity index (χ3v) is 3.24. The molecule has 0 aromatic heterocycles. The predicted molar refractivity (Wildman–Crippen MR) is 69.9 cm³/mol. The molecule has 0 bridgehead atoms. The molecule has 0 amide bonds. The van der Waals surface area contributed by atoms with E-state index >= 15 is 0 Å². The number of hydrogen-bond acceptors (Lipinski definition) is 5. The number of nitrogens with zero attached hydrogens (tertiary/aromatic N) is 2. The van der Waals surface area contributed by atoms with Crippen LogP contribution in [0.4, 0.5) is 11.4 Å². The van der Waals surface area contributed by atoms with Gasteiger partial charge in [0.25, 0.3) is 5.69 Å². The third kappa shape index (κ3) is 3.01. The van der Waals surface area contributed by atoms with E-state index in [2.05, 4.69) is 5.32 Å². The number of ether oxygens (including phenoxy) is 1. The average molecular weight is 261 g/mol. The molecule has 6 nitrogen and oxygen atoms in total. The number of hydrogen-bond donors (Lipinski definition) is 1. The molecule has 1 aromatic carbocycles. The van der Waals surface area contributed by atoms with Crippen LogP contribution in [0.15, 0.2) is 18.2 Å². The number of nitriles is 1. The third-order valence-electron chi connectivity index (χ3n) is 3.24. The van der Waals surface area contributed by atoms with Gasteiger partial charge in [0.15, 0.2) is 0 Å². The molecule has 1 saturated heterocycles. The molecule has 1 heterocycles. The monoisotopic (exact) mass is 261 g/mol. The first-order valence-corrected chi connectivity index (χ1v) is 6.18. The summed E-state index contributed by atoms with van der Waals surface area (Å²) in [4.78, 5) is 10.2. The van der Waals surface area contributed by atoms with Crippen molar-refractivity contribution in [3.8, 4) is 6.07 Å². The lowest BCUT2D eigenvalue weighted by Gasteiger charge is -2.21. The highest BCUT2D eigenvalue weighted by Gasteiger charge is 2.23. The van der Waals surface area contributed by atoms with Gasteiger partial charge >= 0.3 is 0 Å². The fourth-order valence-electron chi connectivity index (χ4n) is 2.20. The predicted octanol–water partition coefficient (Wildman–Crippen LogP) is 2.45. The van der Waals surface area contributed by atoms with Gasteiger partial charge in [-0.2, -0.15) is 5.26 Å². The minimum Gasteiger partial charge on any atom is -0.379 e. The second-order valence-electron chi connectivity index (χ2n) is 4.58. The molecule has 19 heavy (non-hydrogen) atoms. The van der Waals surface area contributed by atoms with Crippen molar-refractivity contribution in [2.45, 2.75) is 31.9 Å². The van der Waals surface area contributed by atoms with E-state index in [1.165, 1.54) is 12.1 Å². The molecule has 0 saturated carbocycles. The van der Waals surface area contributed by atoms with E-state index in [4.69, 9.17) is 10.00 Å². The van der Waals surface area contributed by atoms with Crippen LogP contribution in [0.25, 0.3) is 0 Å². The summed E-state index contributed by atoms with van der Waals surface area (Å²) in [6.07, 6.45) is 2.16. The topological polar surface area (TPSA) is 88.2 Å². The minimum atomic E-state index is -0.506. The quantitative estimate of drug-likeness (QED) is 0.664. The number of nitrogens with one attached hydrogen (secondary N) is 1. The van der Waals surface area contributed by atoms with Gasteiger partial charge < -0.3 is 10.1 Å². The molecule has 1 aliphatic rings. The first-order valence-electron chi connectivity index (χ1n) is 6.18. The van der Waals surface area contributed by atoms with E-state index in [0.29, 0.717) is 5.69 Å². The van der Waals surface area contributed by atoms with Crippen LogP contribution in [0.3, 0.4) is 0 Å². The lowest BCUT2D eigenvalue weighted by Crippen LogP contribution is -2.30. The zero-order chi connectivity index (χ0) is 13.8. The lowest BCUT2D eigenvalue weighted by molar-refractivity contribution is -0.384. The Morgan fingerprint density at radius 1 is 1.63 bits per heavy atom. The molecule has 100 valence electrons. The summed E-state index contributed by atoms with van der Waals surface area (Å²) < 4.78 is 5.57. The number of nitro benzene ring substituents is 1. The van der Waals surface area contributed by atoms with Crippen LogP contribution < -0.4 is 5.32 Å². The Hall–Kier alpha value is -2.13. The molecule has 1 N–H and O–H groups in total. The fraction of sp³-hybridized carbons (Fsp3) is 0.462. The molecular formula is C13H15N3O3. The fourth-order valence-corrected chi connectivity index (χ4v) is 2.20. The zero-order valence-electron chi connectivity index (χ0n) is 10.6. The van der Waals surface area contributed by atoms with Gasteiger partial charge in [-0.1, -0.05) is 0 Å². The Morgan fingerprint density at radius 2 is 2.42 bits per heavy atom. The van der Waals surface area contributed by atoms with E-state index in [0.717, 1.165) is 19.4 Å². The van der Waals surface area contributed by atoms with Gasteiger partial charge in [0.2, 0.25) is 0 Å². The van der Waals surface area contributed by atoms with Crippen molar-refractivity contribution < 1.29 is 9.66 Å². The van der Waals surface area contributed by atoms with Crippen LogP contribution >= 0.6 is 0 Å². The van der Waals surface area contributed by atoms with Crippen molar-refractivity contribution in [1.29, 1.82) is 5.26 Å². The highest BCUT2D eigenvalue weighted by Crippen LogP contribution is 2.24. The maximum Gasteiger partial charge on any atom is 0.270 e. The first-order chi connectivity index (χ1) is 9.11. The number of rotatable bonds is 4. The Kier molecular flexibility index (Phi) is 3.97. The summed E-state index contributed by atoms with van der Waals surface area (Å²) in [5.74, 6) is 0. The van der Waals surface area contributed by atoms with Crippen LogP contribution in [0.5, 0.6) is 0 Å². The molecule has 0 aliphatic carbocycles. The van der Waals surface area contributed by atoms with Crippen LogP contribution in [0, 0.1) is 21.4 Å². The van der Waals surface area contributed by atoms with Gasteiger partial charge in [0.05, 0.1) is 22.3 Å². The van der Waals surface area contributed by atoms with Gasteiger partial charge in [-0.05, 0) is 25.8 Å². The lowest BCUT2D eigenvalue weighted by atomic mass is 10.1. The Morgan fingerprint density at radius 3 is 3.00 bits per heavy atom. The van der Waals surface area contributed by atoms with Crippen molar-refractivity contribution in [3.05, 3.63) is 33.9 Å². The smallest absolute Gasteiger partial charge is 0.270 e. The normalized spacial score (nSPS) is 19.7. The number of nitro groups is 1. The van der Waals surface area contributed by atoms with Gasteiger partial charge in [0, 0.05) is 24.8 Å². The van der Waals surface area contributed by atoms with E-state index in [9.17, 15) is 10.1 Å². The Labute approximate surface area is 111 Å². The van der Waals surface area contributed by atoms with E-state index in [1.54, 1.807) is 6.07 Å². The molecular weight excluding hydrogens is 246 g/mol. The average Bonchev–Trinajstić information content (AvgIpc) is 2.92. The number of non-ortho nitro benzene ring substituents is 1. The molecule has 1 fully saturated rings. The van der Waals surface area contributed by atoms with E-state index < -0.39 is 4.92 Å². The summed E-state index contributed by atoms with van der Waals surface area (Å²) in [5, 5.41) is 22.9. The van der Waals surface area contributed by atoms with Crippen molar-refractivity contribution in [1.82, 2.24) is 0 Å². The Bertz CT molecular complexity index is 518. The van der Waals surface area contributed by atoms with Crippen molar-refractivity contribution in [2.75, 3.05) is 11.9 Å². The zero-order valence-corrected chi connectivity index (χ0v) is 10.6. The largest absolute Gasteiger partial charge is 0.379 e. The van der Waals surface area contributed by atoms with Gasteiger partial charge in [0.1, 0.15) is 6.07 Å². The molecule has 0 radical (unpaired) electrons. The maximum atomic E-state index is 10.7. The molecule has 1 aliphatic heterocycles. The van der Waals surface area contributed by atoms with Crippen LogP contribution in [-0.4, -0.2) is 23.7 Å². The van der Waals surface area contributed by atoms with Crippen LogP contribution in [-0.2, 0) is 4.74 Å². The molecule has 1 aromatic rings. The molecule has 6 heteroatoms. The number of benzene rings is 1. The second-order valence-corrected chi connectivity index (χ2v) is 4.58. The van der Waals surface area contributed by atoms with Crippen molar-refractivity contribution in [2.24, 2.45) is 0 Å². The highest BCUT2D eigenvalue weighted by atomic mass is 16.6. The molecule has 2 rings (SSSR count). The molecule has 0 spiro atoms. The first kappa shape index (κ1) is 13.3. The summed E-state index contributed by atoms with van der Waals surface area (Å²) in [6.45, 7) is 2.75. The Balaban J connectivity index is 2.15. The number of anilines is 1. The molecule has 2 atom stereocenters. The molecule has 2 unspecified atom stereocenters. The van der Waals surface area contributed by atoms with E-state index in [1.807, 2.05) is 13.0 Å². The maximum absolute atomic E-state index is 10.7.